The molecule has 1 heterocycles. The largest absolute Gasteiger partial charge is 0.416 e. The highest BCUT2D eigenvalue weighted by atomic mass is 19.4. The molecule has 0 aliphatic rings. The summed E-state index contributed by atoms with van der Waals surface area (Å²) in [5, 5.41) is 10.6. The maximum Gasteiger partial charge on any atom is 0.416 e. The number of pyridine rings is 1. The molecule has 2 atom stereocenters. The van der Waals surface area contributed by atoms with E-state index >= 15 is 0 Å². The van der Waals surface area contributed by atoms with Gasteiger partial charge in [-0.25, -0.2) is 0 Å². The number of hydrogen-bond acceptors (Lipinski definition) is 3. The second-order valence-corrected chi connectivity index (χ2v) is 5.25. The highest BCUT2D eigenvalue weighted by Gasteiger charge is 2.42. The van der Waals surface area contributed by atoms with Crippen LogP contribution in [0.15, 0.2) is 18.5 Å². The number of aliphatic hydroxyl groups is 1. The lowest BCUT2D eigenvalue weighted by Gasteiger charge is -2.43. The summed E-state index contributed by atoms with van der Waals surface area (Å²) in [5.74, 6) is 0. The zero-order chi connectivity index (χ0) is 16.3. The normalized spacial score (nSPS) is 16.8. The van der Waals surface area contributed by atoms with Crippen LogP contribution >= 0.6 is 0 Å². The molecule has 6 heteroatoms. The fraction of sp³-hybridized carbons (Fsp3) is 0.667. The number of nitrogens with zero attached hydrogens (tertiary/aromatic N) is 2. The first-order chi connectivity index (χ1) is 9.72. The Morgan fingerprint density at radius 3 is 2.24 bits per heavy atom. The zero-order valence-corrected chi connectivity index (χ0v) is 12.9. The maximum absolute atomic E-state index is 13.1. The van der Waals surface area contributed by atoms with E-state index < -0.39 is 23.4 Å². The van der Waals surface area contributed by atoms with Crippen molar-refractivity contribution in [2.45, 2.75) is 51.9 Å². The summed E-state index contributed by atoms with van der Waals surface area (Å²) in [6.07, 6.45) is -3.02. The Hall–Kier alpha value is -1.14. The molecule has 0 saturated carbocycles. The van der Waals surface area contributed by atoms with Crippen molar-refractivity contribution in [2.75, 3.05) is 13.1 Å². The number of aliphatic hydroxyl groups excluding tert-OH is 1. The minimum absolute atomic E-state index is 0.166. The van der Waals surface area contributed by atoms with Crippen molar-refractivity contribution >= 4 is 0 Å². The third-order valence-electron chi connectivity index (χ3n) is 4.24. The predicted octanol–water partition coefficient (Wildman–Crippen LogP) is 3.64. The Balaban J connectivity index is 3.32. The SMILES string of the molecule is CCN(CC)C(C)(CC)C(O)c1cnccc1C(F)(F)F. The minimum Gasteiger partial charge on any atom is -0.386 e. The van der Waals surface area contributed by atoms with Gasteiger partial charge in [-0.2, -0.15) is 13.2 Å². The Morgan fingerprint density at radius 2 is 1.81 bits per heavy atom. The summed E-state index contributed by atoms with van der Waals surface area (Å²) in [5.41, 5.74) is -1.76. The molecule has 0 bridgehead atoms. The second kappa shape index (κ2) is 6.75. The molecule has 0 amide bonds. The molecule has 0 aliphatic heterocycles. The number of likely N-dealkylation sites (N-methyl/N-ethyl adjacent to an activating group) is 1. The van der Waals surface area contributed by atoms with Crippen LogP contribution in [0.4, 0.5) is 13.2 Å². The smallest absolute Gasteiger partial charge is 0.386 e. The molecular formula is C15H23F3N2O. The van der Waals surface area contributed by atoms with Crippen molar-refractivity contribution in [3.63, 3.8) is 0 Å². The first kappa shape index (κ1) is 17.9. The molecule has 0 radical (unpaired) electrons. The first-order valence-electron chi connectivity index (χ1n) is 7.16. The van der Waals surface area contributed by atoms with Crippen molar-refractivity contribution in [3.8, 4) is 0 Å². The lowest BCUT2D eigenvalue weighted by atomic mass is 9.84. The van der Waals surface area contributed by atoms with Gasteiger partial charge >= 0.3 is 6.18 Å². The topological polar surface area (TPSA) is 36.4 Å². The number of alkyl halides is 3. The molecule has 1 N–H and O–H groups in total. The standard InChI is InChI=1S/C15H23F3N2O/c1-5-14(4,20(6-2)7-3)13(21)11-10-19-9-8-12(11)15(16,17)18/h8-10,13,21H,5-7H2,1-4H3. The lowest BCUT2D eigenvalue weighted by Crippen LogP contribution is -2.50. The molecule has 0 fully saturated rings. The van der Waals surface area contributed by atoms with E-state index in [4.69, 9.17) is 0 Å². The van der Waals surface area contributed by atoms with Crippen LogP contribution < -0.4 is 0 Å². The van der Waals surface area contributed by atoms with E-state index in [1.807, 2.05) is 25.7 Å². The van der Waals surface area contributed by atoms with Crippen LogP contribution in [0, 0.1) is 0 Å². The summed E-state index contributed by atoms with van der Waals surface area (Å²) in [4.78, 5) is 5.74. The first-order valence-corrected chi connectivity index (χ1v) is 7.16. The van der Waals surface area contributed by atoms with Gasteiger partial charge in [0.25, 0.3) is 0 Å². The van der Waals surface area contributed by atoms with Crippen molar-refractivity contribution in [1.82, 2.24) is 9.88 Å². The molecule has 0 saturated heterocycles. The van der Waals surface area contributed by atoms with Crippen molar-refractivity contribution < 1.29 is 18.3 Å². The highest BCUT2D eigenvalue weighted by Crippen LogP contribution is 2.40. The Morgan fingerprint density at radius 1 is 1.24 bits per heavy atom. The number of hydrogen-bond donors (Lipinski definition) is 1. The van der Waals surface area contributed by atoms with Crippen molar-refractivity contribution in [3.05, 3.63) is 29.6 Å². The molecule has 1 aromatic rings. The Kier molecular flexibility index (Phi) is 5.75. The fourth-order valence-corrected chi connectivity index (χ4v) is 2.75. The summed E-state index contributed by atoms with van der Waals surface area (Å²) >= 11 is 0. The maximum atomic E-state index is 13.1. The van der Waals surface area contributed by atoms with E-state index in [0.717, 1.165) is 18.5 Å². The second-order valence-electron chi connectivity index (χ2n) is 5.25. The number of aromatic nitrogens is 1. The fourth-order valence-electron chi connectivity index (χ4n) is 2.75. The van der Waals surface area contributed by atoms with Gasteiger partial charge in [0.05, 0.1) is 11.7 Å². The number of rotatable bonds is 6. The molecule has 3 nitrogen and oxygen atoms in total. The van der Waals surface area contributed by atoms with Gasteiger partial charge in [-0.15, -0.1) is 0 Å². The highest BCUT2D eigenvalue weighted by molar-refractivity contribution is 5.30. The van der Waals surface area contributed by atoms with Gasteiger partial charge in [-0.1, -0.05) is 20.8 Å². The molecule has 21 heavy (non-hydrogen) atoms. The van der Waals surface area contributed by atoms with Crippen LogP contribution in [0.2, 0.25) is 0 Å². The van der Waals surface area contributed by atoms with Crippen molar-refractivity contribution in [1.29, 1.82) is 0 Å². The minimum atomic E-state index is -4.50. The van der Waals surface area contributed by atoms with Crippen molar-refractivity contribution in [2.24, 2.45) is 0 Å². The van der Waals surface area contributed by atoms with Gasteiger partial charge in [-0.3, -0.25) is 9.88 Å². The van der Waals surface area contributed by atoms with E-state index in [1.54, 1.807) is 6.92 Å². The average molecular weight is 304 g/mol. The van der Waals surface area contributed by atoms with Crippen LogP contribution in [0.5, 0.6) is 0 Å². The van der Waals surface area contributed by atoms with E-state index in [2.05, 4.69) is 4.98 Å². The molecule has 0 aliphatic carbocycles. The molecular weight excluding hydrogens is 281 g/mol. The van der Waals surface area contributed by atoms with E-state index in [-0.39, 0.29) is 5.56 Å². The van der Waals surface area contributed by atoms with Crippen LogP contribution in [0.3, 0.4) is 0 Å². The average Bonchev–Trinajstić information content (AvgIpc) is 2.46. The predicted molar refractivity (Wildman–Crippen MR) is 75.8 cm³/mol. The number of halogens is 3. The Bertz CT molecular complexity index is 460. The summed E-state index contributed by atoms with van der Waals surface area (Å²) in [7, 11) is 0. The monoisotopic (exact) mass is 304 g/mol. The molecule has 1 rings (SSSR count). The van der Waals surface area contributed by atoms with Gasteiger partial charge < -0.3 is 5.11 Å². The summed E-state index contributed by atoms with van der Waals surface area (Å²) in [6.45, 7) is 8.82. The third kappa shape index (κ3) is 3.55. The van der Waals surface area contributed by atoms with Gasteiger partial charge in [0.1, 0.15) is 0 Å². The van der Waals surface area contributed by atoms with Crippen LogP contribution in [-0.2, 0) is 6.18 Å². The Labute approximate surface area is 123 Å². The molecule has 1 aromatic heterocycles. The van der Waals surface area contributed by atoms with E-state index in [9.17, 15) is 18.3 Å². The molecule has 0 spiro atoms. The van der Waals surface area contributed by atoms with Crippen LogP contribution in [0.1, 0.15) is 51.3 Å². The van der Waals surface area contributed by atoms with Crippen LogP contribution in [0.25, 0.3) is 0 Å². The van der Waals surface area contributed by atoms with Crippen LogP contribution in [-0.4, -0.2) is 33.6 Å². The summed E-state index contributed by atoms with van der Waals surface area (Å²) < 4.78 is 39.3. The molecule has 2 unspecified atom stereocenters. The summed E-state index contributed by atoms with van der Waals surface area (Å²) in [6, 6.07) is 0.914. The van der Waals surface area contributed by atoms with Gasteiger partial charge in [0, 0.05) is 23.5 Å². The molecule has 0 aromatic carbocycles. The van der Waals surface area contributed by atoms with E-state index in [0.29, 0.717) is 19.5 Å². The quantitative estimate of drug-likeness (QED) is 0.871. The molecule has 120 valence electrons. The van der Waals surface area contributed by atoms with Gasteiger partial charge in [0.2, 0.25) is 0 Å². The van der Waals surface area contributed by atoms with E-state index in [1.165, 1.54) is 0 Å². The van der Waals surface area contributed by atoms with Gasteiger partial charge in [0.15, 0.2) is 0 Å². The lowest BCUT2D eigenvalue weighted by molar-refractivity contribution is -0.140. The van der Waals surface area contributed by atoms with Gasteiger partial charge in [-0.05, 0) is 32.5 Å². The zero-order valence-electron chi connectivity index (χ0n) is 12.9. The third-order valence-corrected chi connectivity index (χ3v) is 4.24.